The number of ether oxygens (including phenoxy) is 1. The fourth-order valence-electron chi connectivity index (χ4n) is 4.87. The lowest BCUT2D eigenvalue weighted by Crippen LogP contribution is -2.56. The summed E-state index contributed by atoms with van der Waals surface area (Å²) in [7, 11) is 1.31. The zero-order chi connectivity index (χ0) is 23.0. The van der Waals surface area contributed by atoms with Crippen molar-refractivity contribution in [3.63, 3.8) is 0 Å². The Labute approximate surface area is 196 Å². The first-order valence-electron chi connectivity index (χ1n) is 10.4. The van der Waals surface area contributed by atoms with Crippen LogP contribution in [-0.4, -0.2) is 42.4 Å². The molecule has 0 bridgehead atoms. The lowest BCUT2D eigenvalue weighted by atomic mass is 9.78. The van der Waals surface area contributed by atoms with Crippen molar-refractivity contribution in [1.82, 2.24) is 5.32 Å². The predicted molar refractivity (Wildman–Crippen MR) is 126 cm³/mol. The van der Waals surface area contributed by atoms with E-state index in [9.17, 15) is 14.4 Å². The summed E-state index contributed by atoms with van der Waals surface area (Å²) in [6, 6.07) is 13.9. The minimum Gasteiger partial charge on any atom is -0.468 e. The number of amides is 2. The van der Waals surface area contributed by atoms with E-state index < -0.39 is 29.4 Å². The van der Waals surface area contributed by atoms with E-state index in [0.717, 1.165) is 11.1 Å². The van der Waals surface area contributed by atoms with Crippen LogP contribution in [0, 0.1) is 18.8 Å². The van der Waals surface area contributed by atoms with Crippen molar-refractivity contribution in [3.8, 4) is 0 Å². The van der Waals surface area contributed by atoms with Crippen molar-refractivity contribution < 1.29 is 19.1 Å². The molecule has 4 rings (SSSR count). The molecule has 8 heteroatoms. The average Bonchev–Trinajstić information content (AvgIpc) is 3.27. The largest absolute Gasteiger partial charge is 0.468 e. The van der Waals surface area contributed by atoms with Crippen LogP contribution in [0.4, 0.5) is 5.69 Å². The van der Waals surface area contributed by atoms with Gasteiger partial charge in [0, 0.05) is 11.1 Å². The Hall–Kier alpha value is -2.35. The van der Waals surface area contributed by atoms with Crippen molar-refractivity contribution in [2.24, 2.45) is 11.8 Å². The Morgan fingerprint density at radius 3 is 2.38 bits per heavy atom. The number of nitrogens with one attached hydrogen (secondary N) is 1. The van der Waals surface area contributed by atoms with Gasteiger partial charge in [0.2, 0.25) is 11.8 Å². The maximum atomic E-state index is 13.7. The van der Waals surface area contributed by atoms with Gasteiger partial charge in [-0.05, 0) is 55.2 Å². The van der Waals surface area contributed by atoms with Crippen molar-refractivity contribution >= 4 is 46.8 Å². The van der Waals surface area contributed by atoms with Gasteiger partial charge in [-0.2, -0.15) is 11.8 Å². The number of halogens is 1. The molecule has 0 unspecified atom stereocenters. The Balaban J connectivity index is 1.85. The van der Waals surface area contributed by atoms with Crippen molar-refractivity contribution in [2.45, 2.75) is 24.9 Å². The number of carbonyl (C=O) groups is 3. The number of carbonyl (C=O) groups excluding carboxylic acids is 3. The number of benzene rings is 2. The third kappa shape index (κ3) is 3.62. The topological polar surface area (TPSA) is 75.7 Å². The number of rotatable bonds is 6. The highest BCUT2D eigenvalue weighted by molar-refractivity contribution is 7.98. The van der Waals surface area contributed by atoms with Gasteiger partial charge in [-0.1, -0.05) is 41.4 Å². The summed E-state index contributed by atoms with van der Waals surface area (Å²) < 4.78 is 5.17. The van der Waals surface area contributed by atoms with Crippen LogP contribution >= 0.6 is 23.4 Å². The molecular weight excluding hydrogens is 448 g/mol. The summed E-state index contributed by atoms with van der Waals surface area (Å²) in [5, 5.41) is 3.94. The highest BCUT2D eigenvalue weighted by Crippen LogP contribution is 2.51. The number of hydrogen-bond acceptors (Lipinski definition) is 6. The summed E-state index contributed by atoms with van der Waals surface area (Å²) in [5.74, 6) is -2.18. The van der Waals surface area contributed by atoms with E-state index in [4.69, 9.17) is 16.3 Å². The predicted octanol–water partition coefficient (Wildman–Crippen LogP) is 3.76. The van der Waals surface area contributed by atoms with E-state index in [2.05, 4.69) is 5.32 Å². The second-order valence-corrected chi connectivity index (χ2v) is 9.65. The van der Waals surface area contributed by atoms with Gasteiger partial charge in [-0.15, -0.1) is 0 Å². The number of esters is 1. The summed E-state index contributed by atoms with van der Waals surface area (Å²) in [6.07, 6.45) is 2.31. The highest BCUT2D eigenvalue weighted by Gasteiger charge is 2.68. The van der Waals surface area contributed by atoms with Crippen LogP contribution in [0.2, 0.25) is 5.02 Å². The van der Waals surface area contributed by atoms with Gasteiger partial charge in [0.1, 0.15) is 5.54 Å². The molecule has 2 aliphatic rings. The number of aryl methyl sites for hydroxylation is 1. The summed E-state index contributed by atoms with van der Waals surface area (Å²) in [4.78, 5) is 41.8. The quantitative estimate of drug-likeness (QED) is 0.509. The van der Waals surface area contributed by atoms with Crippen LogP contribution in [0.15, 0.2) is 48.5 Å². The van der Waals surface area contributed by atoms with E-state index in [1.165, 1.54) is 12.0 Å². The van der Waals surface area contributed by atoms with Crippen LogP contribution in [0.1, 0.15) is 23.6 Å². The Morgan fingerprint density at radius 1 is 1.12 bits per heavy atom. The normalized spacial score (nSPS) is 27.0. The molecule has 32 heavy (non-hydrogen) atoms. The number of methoxy groups -OCH3 is 1. The summed E-state index contributed by atoms with van der Waals surface area (Å²) in [6.45, 7) is 1.94. The lowest BCUT2D eigenvalue weighted by Gasteiger charge is -2.32. The van der Waals surface area contributed by atoms with Gasteiger partial charge in [-0.3, -0.25) is 19.7 Å². The number of hydrogen-bond donors (Lipinski definition) is 1. The van der Waals surface area contributed by atoms with Gasteiger partial charge in [-0.25, -0.2) is 4.90 Å². The smallest absolute Gasteiger partial charge is 0.326 e. The fraction of sp³-hybridized carbons (Fsp3) is 0.375. The molecule has 2 saturated heterocycles. The maximum absolute atomic E-state index is 13.7. The second kappa shape index (κ2) is 8.89. The van der Waals surface area contributed by atoms with Gasteiger partial charge in [0.05, 0.1) is 24.6 Å². The number of nitrogens with zero attached hydrogens (tertiary/aromatic N) is 1. The second-order valence-electron chi connectivity index (χ2n) is 8.23. The standard InChI is InChI=1S/C24H25ClN2O4S/c1-14-4-10-17(11-5-14)27-21(28)18-19(22(27)29)24(12-13-32-3,23(30)31-2)26-20(18)15-6-8-16(25)9-7-15/h4-11,18-20,26H,12-13H2,1-3H3/t18-,19-,20-,24-/m1/s1. The molecule has 2 heterocycles. The molecule has 0 spiro atoms. The Kier molecular flexibility index (Phi) is 6.34. The number of anilines is 1. The van der Waals surface area contributed by atoms with Gasteiger partial charge >= 0.3 is 5.97 Å². The zero-order valence-electron chi connectivity index (χ0n) is 18.1. The molecule has 2 aromatic rings. The molecule has 2 aliphatic heterocycles. The minimum atomic E-state index is -1.29. The van der Waals surface area contributed by atoms with E-state index in [1.807, 2.05) is 37.4 Å². The van der Waals surface area contributed by atoms with Crippen molar-refractivity contribution in [2.75, 3.05) is 24.0 Å². The van der Waals surface area contributed by atoms with Crippen LogP contribution < -0.4 is 10.2 Å². The molecule has 168 valence electrons. The molecule has 2 amide bonds. The fourth-order valence-corrected chi connectivity index (χ4v) is 5.52. The molecule has 0 aromatic heterocycles. The third-order valence-electron chi connectivity index (χ3n) is 6.43. The summed E-state index contributed by atoms with van der Waals surface area (Å²) >= 11 is 7.64. The van der Waals surface area contributed by atoms with Crippen LogP contribution in [0.3, 0.4) is 0 Å². The van der Waals surface area contributed by atoms with Gasteiger partial charge in [0.25, 0.3) is 0 Å². The molecule has 0 radical (unpaired) electrons. The Morgan fingerprint density at radius 2 is 1.78 bits per heavy atom. The number of imide groups is 1. The minimum absolute atomic E-state index is 0.314. The van der Waals surface area contributed by atoms with Crippen LogP contribution in [-0.2, 0) is 19.1 Å². The van der Waals surface area contributed by atoms with E-state index >= 15 is 0 Å². The third-order valence-corrected chi connectivity index (χ3v) is 7.29. The first-order valence-corrected chi connectivity index (χ1v) is 12.2. The van der Waals surface area contributed by atoms with Gasteiger partial charge < -0.3 is 4.74 Å². The Bertz CT molecular complexity index is 1040. The average molecular weight is 473 g/mol. The van der Waals surface area contributed by atoms with Crippen molar-refractivity contribution in [1.29, 1.82) is 0 Å². The first kappa shape index (κ1) is 22.8. The number of fused-ring (bicyclic) bond motifs is 1. The number of thioether (sulfide) groups is 1. The molecule has 0 saturated carbocycles. The molecular formula is C24H25ClN2O4S. The van der Waals surface area contributed by atoms with E-state index in [1.54, 1.807) is 36.0 Å². The van der Waals surface area contributed by atoms with E-state index in [0.29, 0.717) is 22.9 Å². The molecule has 0 aliphatic carbocycles. The zero-order valence-corrected chi connectivity index (χ0v) is 19.7. The van der Waals surface area contributed by atoms with E-state index in [-0.39, 0.29) is 11.8 Å². The van der Waals surface area contributed by atoms with Crippen molar-refractivity contribution in [3.05, 3.63) is 64.7 Å². The van der Waals surface area contributed by atoms with Crippen LogP contribution in [0.25, 0.3) is 0 Å². The van der Waals surface area contributed by atoms with Gasteiger partial charge in [0.15, 0.2) is 0 Å². The first-order chi connectivity index (χ1) is 15.3. The lowest BCUT2D eigenvalue weighted by molar-refractivity contribution is -0.152. The summed E-state index contributed by atoms with van der Waals surface area (Å²) in [5.41, 5.74) is 1.04. The molecule has 2 aromatic carbocycles. The molecule has 6 nitrogen and oxygen atoms in total. The molecule has 2 fully saturated rings. The molecule has 4 atom stereocenters. The maximum Gasteiger partial charge on any atom is 0.326 e. The highest BCUT2D eigenvalue weighted by atomic mass is 35.5. The molecule has 1 N–H and O–H groups in total. The monoisotopic (exact) mass is 472 g/mol. The SMILES string of the molecule is COC(=O)[C@]1(CCSC)N[C@H](c2ccc(Cl)cc2)[C@@H]2C(=O)N(c3ccc(C)cc3)C(=O)[C@@H]21. The van der Waals surface area contributed by atoms with Crippen LogP contribution in [0.5, 0.6) is 0 Å².